The van der Waals surface area contributed by atoms with E-state index in [1.807, 2.05) is 24.3 Å². The molecule has 0 saturated carbocycles. The van der Waals surface area contributed by atoms with E-state index >= 15 is 0 Å². The molecule has 0 unspecified atom stereocenters. The van der Waals surface area contributed by atoms with E-state index in [0.29, 0.717) is 21.7 Å². The molecule has 0 spiro atoms. The molecule has 0 N–H and O–H groups in total. The van der Waals surface area contributed by atoms with Crippen LogP contribution >= 0.6 is 22.9 Å². The zero-order valence-electron chi connectivity index (χ0n) is 14.5. The van der Waals surface area contributed by atoms with E-state index in [4.69, 9.17) is 20.8 Å². The SMILES string of the molecule is O=C(COc1ccc(Cl)cc1)N(/N=C/c1ccco1)c1nc2ccccc2s1. The summed E-state index contributed by atoms with van der Waals surface area (Å²) in [5.74, 6) is 0.700. The second-order valence-electron chi connectivity index (χ2n) is 5.67. The van der Waals surface area contributed by atoms with Gasteiger partial charge >= 0.3 is 0 Å². The summed E-state index contributed by atoms with van der Waals surface area (Å²) >= 11 is 7.24. The molecule has 8 heteroatoms. The lowest BCUT2D eigenvalue weighted by Gasteiger charge is -2.14. The Morgan fingerprint density at radius 1 is 1.18 bits per heavy atom. The molecule has 0 aliphatic heterocycles. The first-order valence-electron chi connectivity index (χ1n) is 8.33. The summed E-state index contributed by atoms with van der Waals surface area (Å²) < 4.78 is 11.8. The molecule has 1 amide bonds. The van der Waals surface area contributed by atoms with Gasteiger partial charge in [0.15, 0.2) is 6.61 Å². The third-order valence-electron chi connectivity index (χ3n) is 3.72. The molecule has 0 aliphatic carbocycles. The maximum absolute atomic E-state index is 12.8. The van der Waals surface area contributed by atoms with Gasteiger partial charge in [0, 0.05) is 5.02 Å². The Balaban J connectivity index is 1.58. The summed E-state index contributed by atoms with van der Waals surface area (Å²) in [5.41, 5.74) is 0.798. The maximum Gasteiger partial charge on any atom is 0.287 e. The Bertz CT molecular complexity index is 1070. The quantitative estimate of drug-likeness (QED) is 0.331. The van der Waals surface area contributed by atoms with Crippen LogP contribution in [0.3, 0.4) is 0 Å². The van der Waals surface area contributed by atoms with Crippen LogP contribution in [0.15, 0.2) is 76.4 Å². The Kier molecular flexibility index (Phi) is 5.36. The molecule has 0 bridgehead atoms. The number of nitrogens with zero attached hydrogens (tertiary/aromatic N) is 3. The summed E-state index contributed by atoms with van der Waals surface area (Å²) in [7, 11) is 0. The largest absolute Gasteiger partial charge is 0.484 e. The number of thiazole rings is 1. The molecule has 2 aromatic carbocycles. The van der Waals surface area contributed by atoms with Crippen LogP contribution in [-0.2, 0) is 4.79 Å². The number of benzene rings is 2. The van der Waals surface area contributed by atoms with Crippen molar-refractivity contribution in [1.29, 1.82) is 0 Å². The minimum absolute atomic E-state index is 0.201. The lowest BCUT2D eigenvalue weighted by Crippen LogP contribution is -2.30. The highest BCUT2D eigenvalue weighted by Gasteiger charge is 2.20. The fraction of sp³-hybridized carbons (Fsp3) is 0.0500. The number of furan rings is 1. The van der Waals surface area contributed by atoms with Crippen molar-refractivity contribution in [3.8, 4) is 5.75 Å². The van der Waals surface area contributed by atoms with Gasteiger partial charge in [-0.1, -0.05) is 35.1 Å². The number of halogens is 1. The molecule has 140 valence electrons. The first-order valence-corrected chi connectivity index (χ1v) is 9.53. The molecule has 0 atom stereocenters. The van der Waals surface area contributed by atoms with E-state index in [1.54, 1.807) is 36.4 Å². The molecule has 2 aromatic heterocycles. The Hall–Kier alpha value is -3.16. The lowest BCUT2D eigenvalue weighted by molar-refractivity contribution is -0.120. The smallest absolute Gasteiger partial charge is 0.287 e. The summed E-state index contributed by atoms with van der Waals surface area (Å²) in [6.45, 7) is -0.201. The summed E-state index contributed by atoms with van der Waals surface area (Å²) in [5, 5.41) is 6.54. The average Bonchev–Trinajstić information content (AvgIpc) is 3.37. The Morgan fingerprint density at radius 3 is 2.75 bits per heavy atom. The van der Waals surface area contributed by atoms with Crippen LogP contribution in [-0.4, -0.2) is 23.7 Å². The molecule has 4 aromatic rings. The van der Waals surface area contributed by atoms with Crippen LogP contribution in [0, 0.1) is 0 Å². The summed E-state index contributed by atoms with van der Waals surface area (Å²) in [6.07, 6.45) is 3.00. The van der Waals surface area contributed by atoms with Gasteiger partial charge in [0.05, 0.1) is 22.7 Å². The number of hydrogen-bond donors (Lipinski definition) is 0. The fourth-order valence-electron chi connectivity index (χ4n) is 2.39. The number of para-hydroxylation sites is 1. The molecule has 0 radical (unpaired) electrons. The zero-order valence-corrected chi connectivity index (χ0v) is 16.1. The number of amides is 1. The number of hydrogen-bond acceptors (Lipinski definition) is 6. The van der Waals surface area contributed by atoms with Crippen LogP contribution in [0.2, 0.25) is 5.02 Å². The van der Waals surface area contributed by atoms with Crippen LogP contribution in [0.4, 0.5) is 5.13 Å². The van der Waals surface area contributed by atoms with E-state index in [9.17, 15) is 4.79 Å². The van der Waals surface area contributed by atoms with E-state index in [0.717, 1.165) is 10.2 Å². The normalized spacial score (nSPS) is 11.2. The van der Waals surface area contributed by atoms with Gasteiger partial charge in [-0.05, 0) is 48.5 Å². The monoisotopic (exact) mass is 411 g/mol. The zero-order chi connectivity index (χ0) is 19.3. The van der Waals surface area contributed by atoms with E-state index in [1.165, 1.54) is 28.8 Å². The Morgan fingerprint density at radius 2 is 2.00 bits per heavy atom. The minimum atomic E-state index is -0.364. The van der Waals surface area contributed by atoms with Gasteiger partial charge in [0.2, 0.25) is 5.13 Å². The highest BCUT2D eigenvalue weighted by Crippen LogP contribution is 2.29. The number of anilines is 1. The molecule has 0 fully saturated rings. The van der Waals surface area contributed by atoms with E-state index in [2.05, 4.69) is 10.1 Å². The molecule has 28 heavy (non-hydrogen) atoms. The predicted octanol–water partition coefficient (Wildman–Crippen LogP) is 4.99. The van der Waals surface area contributed by atoms with Gasteiger partial charge in [0.25, 0.3) is 5.91 Å². The number of carbonyl (C=O) groups is 1. The van der Waals surface area contributed by atoms with Crippen LogP contribution in [0.1, 0.15) is 5.76 Å². The van der Waals surface area contributed by atoms with Crippen molar-refractivity contribution in [1.82, 2.24) is 4.98 Å². The number of fused-ring (bicyclic) bond motifs is 1. The van der Waals surface area contributed by atoms with Crippen molar-refractivity contribution in [3.05, 3.63) is 77.7 Å². The molecular weight excluding hydrogens is 398 g/mol. The topological polar surface area (TPSA) is 67.9 Å². The van der Waals surface area contributed by atoms with Crippen molar-refractivity contribution in [2.75, 3.05) is 11.6 Å². The van der Waals surface area contributed by atoms with Gasteiger partial charge in [-0.25, -0.2) is 4.98 Å². The van der Waals surface area contributed by atoms with Crippen molar-refractivity contribution in [2.45, 2.75) is 0 Å². The molecule has 0 aliphatic rings. The first kappa shape index (κ1) is 18.2. The highest BCUT2D eigenvalue weighted by atomic mass is 35.5. The maximum atomic E-state index is 12.8. The van der Waals surface area contributed by atoms with Crippen molar-refractivity contribution < 1.29 is 13.9 Å². The third-order valence-corrected chi connectivity index (χ3v) is 4.98. The second kappa shape index (κ2) is 8.24. The molecule has 4 rings (SSSR count). The minimum Gasteiger partial charge on any atom is -0.484 e. The summed E-state index contributed by atoms with van der Waals surface area (Å²) in [4.78, 5) is 17.3. The van der Waals surface area contributed by atoms with Crippen molar-refractivity contribution in [3.63, 3.8) is 0 Å². The number of carbonyl (C=O) groups excluding carboxylic acids is 1. The number of hydrazone groups is 1. The second-order valence-corrected chi connectivity index (χ2v) is 7.12. The molecule has 2 heterocycles. The standard InChI is InChI=1S/C20H14ClN3O3S/c21-14-7-9-15(10-8-14)27-13-19(25)24(22-12-16-4-3-11-26-16)20-23-17-5-1-2-6-18(17)28-20/h1-12H,13H2/b22-12+. The number of aromatic nitrogens is 1. The van der Waals surface area contributed by atoms with Crippen molar-refractivity contribution >= 4 is 50.4 Å². The van der Waals surface area contributed by atoms with Gasteiger partial charge in [-0.3, -0.25) is 4.79 Å². The van der Waals surface area contributed by atoms with Crippen LogP contribution in [0.5, 0.6) is 5.75 Å². The van der Waals surface area contributed by atoms with Gasteiger partial charge < -0.3 is 9.15 Å². The number of rotatable bonds is 6. The fourth-order valence-corrected chi connectivity index (χ4v) is 3.45. The lowest BCUT2D eigenvalue weighted by atomic mass is 10.3. The predicted molar refractivity (Wildman–Crippen MR) is 110 cm³/mol. The van der Waals surface area contributed by atoms with Crippen LogP contribution < -0.4 is 9.75 Å². The molecule has 6 nitrogen and oxygen atoms in total. The molecule has 0 saturated heterocycles. The highest BCUT2D eigenvalue weighted by molar-refractivity contribution is 7.22. The van der Waals surface area contributed by atoms with Gasteiger partial charge in [-0.15, -0.1) is 0 Å². The van der Waals surface area contributed by atoms with Crippen molar-refractivity contribution in [2.24, 2.45) is 5.10 Å². The van der Waals surface area contributed by atoms with Crippen LogP contribution in [0.25, 0.3) is 10.2 Å². The first-order chi connectivity index (χ1) is 13.7. The van der Waals surface area contributed by atoms with Gasteiger partial charge in [-0.2, -0.15) is 10.1 Å². The average molecular weight is 412 g/mol. The van der Waals surface area contributed by atoms with E-state index < -0.39 is 0 Å². The van der Waals surface area contributed by atoms with Gasteiger partial charge in [0.1, 0.15) is 11.5 Å². The summed E-state index contributed by atoms with van der Waals surface area (Å²) in [6, 6.07) is 17.9. The Labute approximate surface area is 169 Å². The third kappa shape index (κ3) is 4.21. The molecular formula is C20H14ClN3O3S. The van der Waals surface area contributed by atoms with E-state index in [-0.39, 0.29) is 12.5 Å². The number of ether oxygens (including phenoxy) is 1.